The van der Waals surface area contributed by atoms with E-state index < -0.39 is 0 Å². The van der Waals surface area contributed by atoms with E-state index in [4.69, 9.17) is 0 Å². The van der Waals surface area contributed by atoms with Crippen molar-refractivity contribution in [3.63, 3.8) is 0 Å². The van der Waals surface area contributed by atoms with Crippen molar-refractivity contribution in [2.45, 2.75) is 26.4 Å². The van der Waals surface area contributed by atoms with Crippen LogP contribution in [0.3, 0.4) is 0 Å². The maximum absolute atomic E-state index is 3.60. The lowest BCUT2D eigenvalue weighted by Gasteiger charge is -2.40. The number of hydrogen-bond acceptors (Lipinski definition) is 3. The van der Waals surface area contributed by atoms with Crippen molar-refractivity contribution in [3.05, 3.63) is 24.0 Å². The Labute approximate surface area is 117 Å². The number of rotatable bonds is 6. The Balaban J connectivity index is 1.79. The second-order valence-electron chi connectivity index (χ2n) is 6.00. The zero-order valence-corrected chi connectivity index (χ0v) is 12.5. The van der Waals surface area contributed by atoms with Crippen molar-refractivity contribution in [3.8, 4) is 0 Å². The first-order chi connectivity index (χ1) is 9.16. The Bertz CT molecular complexity index is 339. The lowest BCUT2D eigenvalue weighted by atomic mass is 10.0. The minimum Gasteiger partial charge on any atom is -0.367 e. The summed E-state index contributed by atoms with van der Waals surface area (Å²) in [6, 6.07) is 2.78. The largest absolute Gasteiger partial charge is 0.367 e. The highest BCUT2D eigenvalue weighted by atomic mass is 15.3. The van der Waals surface area contributed by atoms with E-state index in [0.29, 0.717) is 12.0 Å². The molecule has 1 aromatic rings. The van der Waals surface area contributed by atoms with Crippen molar-refractivity contribution < 1.29 is 0 Å². The monoisotopic (exact) mass is 264 g/mol. The summed E-state index contributed by atoms with van der Waals surface area (Å²) in [5.41, 5.74) is 1.33. The predicted octanol–water partition coefficient (Wildman–Crippen LogP) is 1.38. The van der Waals surface area contributed by atoms with Gasteiger partial charge in [-0.1, -0.05) is 13.8 Å². The molecule has 1 fully saturated rings. The van der Waals surface area contributed by atoms with Gasteiger partial charge >= 0.3 is 0 Å². The Morgan fingerprint density at radius 1 is 1.26 bits per heavy atom. The zero-order chi connectivity index (χ0) is 13.7. The molecule has 4 heteroatoms. The predicted molar refractivity (Wildman–Crippen MR) is 80.2 cm³/mol. The summed E-state index contributed by atoms with van der Waals surface area (Å²) in [6.45, 7) is 11.5. The highest BCUT2D eigenvalue weighted by Gasteiger charge is 2.24. The first-order valence-corrected chi connectivity index (χ1v) is 7.42. The molecule has 2 heterocycles. The summed E-state index contributed by atoms with van der Waals surface area (Å²) in [4.78, 5) is 8.17. The lowest BCUT2D eigenvalue weighted by Crippen LogP contribution is -2.53. The second-order valence-corrected chi connectivity index (χ2v) is 6.00. The van der Waals surface area contributed by atoms with Crippen molar-refractivity contribution in [1.29, 1.82) is 0 Å². The third-order valence-corrected chi connectivity index (χ3v) is 4.12. The summed E-state index contributed by atoms with van der Waals surface area (Å²) in [7, 11) is 2.21. The van der Waals surface area contributed by atoms with E-state index in [1.54, 1.807) is 0 Å². The molecule has 2 rings (SSSR count). The topological polar surface area (TPSA) is 34.3 Å². The summed E-state index contributed by atoms with van der Waals surface area (Å²) in [5.74, 6) is 0.696. The van der Waals surface area contributed by atoms with Gasteiger partial charge in [-0.2, -0.15) is 0 Å². The van der Waals surface area contributed by atoms with Crippen LogP contribution >= 0.6 is 0 Å². The summed E-state index contributed by atoms with van der Waals surface area (Å²) < 4.78 is 0. The van der Waals surface area contributed by atoms with Gasteiger partial charge in [-0.3, -0.25) is 4.90 Å². The van der Waals surface area contributed by atoms with Crippen LogP contribution in [0, 0.1) is 5.92 Å². The maximum atomic E-state index is 3.60. The number of nitrogens with one attached hydrogen (secondary N) is 2. The first-order valence-electron chi connectivity index (χ1n) is 7.42. The Morgan fingerprint density at radius 3 is 2.58 bits per heavy atom. The fraction of sp³-hybridized carbons (Fsp3) is 0.733. The van der Waals surface area contributed by atoms with E-state index in [2.05, 4.69) is 53.3 Å². The smallest absolute Gasteiger partial charge is 0.0244 e. The molecule has 0 spiro atoms. The fourth-order valence-electron chi connectivity index (χ4n) is 2.77. The van der Waals surface area contributed by atoms with Crippen LogP contribution in [0.4, 0.5) is 0 Å². The quantitative estimate of drug-likeness (QED) is 0.814. The molecule has 2 N–H and O–H groups in total. The van der Waals surface area contributed by atoms with Crippen molar-refractivity contribution in [1.82, 2.24) is 20.1 Å². The Morgan fingerprint density at radius 2 is 2.00 bits per heavy atom. The van der Waals surface area contributed by atoms with Crippen LogP contribution < -0.4 is 5.32 Å². The summed E-state index contributed by atoms with van der Waals surface area (Å²) >= 11 is 0. The van der Waals surface area contributed by atoms with Crippen molar-refractivity contribution >= 4 is 0 Å². The molecule has 1 unspecified atom stereocenters. The molecule has 0 radical (unpaired) electrons. The molecule has 19 heavy (non-hydrogen) atoms. The number of nitrogens with zero attached hydrogens (tertiary/aromatic N) is 2. The highest BCUT2D eigenvalue weighted by Crippen LogP contribution is 2.13. The van der Waals surface area contributed by atoms with Gasteiger partial charge in [0.15, 0.2) is 0 Å². The fourth-order valence-corrected chi connectivity index (χ4v) is 2.77. The molecule has 108 valence electrons. The average molecular weight is 264 g/mol. The standard InChI is InChI=1S/C15H28N4/c1-13(2)15(19-8-6-18(3)7-9-19)12-17-11-14-4-5-16-10-14/h4-5,10,13,15-17H,6-9,11-12H2,1-3H3. The van der Waals surface area contributed by atoms with Gasteiger partial charge in [-0.15, -0.1) is 0 Å². The first kappa shape index (κ1) is 14.6. The van der Waals surface area contributed by atoms with Gasteiger partial charge < -0.3 is 15.2 Å². The van der Waals surface area contributed by atoms with Gasteiger partial charge in [0, 0.05) is 57.7 Å². The molecule has 0 bridgehead atoms. The number of hydrogen-bond donors (Lipinski definition) is 2. The van der Waals surface area contributed by atoms with Gasteiger partial charge in [0.25, 0.3) is 0 Å². The molecular weight excluding hydrogens is 236 g/mol. The third kappa shape index (κ3) is 4.34. The van der Waals surface area contributed by atoms with Gasteiger partial charge in [-0.05, 0) is 24.6 Å². The third-order valence-electron chi connectivity index (χ3n) is 4.12. The molecule has 1 saturated heterocycles. The maximum Gasteiger partial charge on any atom is 0.0244 e. The van der Waals surface area contributed by atoms with E-state index in [0.717, 1.165) is 13.1 Å². The zero-order valence-electron chi connectivity index (χ0n) is 12.5. The van der Waals surface area contributed by atoms with Crippen molar-refractivity contribution in [2.75, 3.05) is 39.8 Å². The number of piperazine rings is 1. The van der Waals surface area contributed by atoms with E-state index >= 15 is 0 Å². The molecule has 0 aliphatic carbocycles. The Kier molecular flexibility index (Phi) is 5.43. The van der Waals surface area contributed by atoms with Crippen LogP contribution in [-0.4, -0.2) is 60.6 Å². The van der Waals surface area contributed by atoms with Crippen molar-refractivity contribution in [2.24, 2.45) is 5.92 Å². The lowest BCUT2D eigenvalue weighted by molar-refractivity contribution is 0.0875. The Hall–Kier alpha value is -0.840. The number of aromatic nitrogens is 1. The van der Waals surface area contributed by atoms with E-state index in [1.165, 1.54) is 31.7 Å². The van der Waals surface area contributed by atoms with Crippen LogP contribution in [0.5, 0.6) is 0 Å². The van der Waals surface area contributed by atoms with E-state index in [9.17, 15) is 0 Å². The molecule has 4 nitrogen and oxygen atoms in total. The van der Waals surface area contributed by atoms with E-state index in [1.807, 2.05) is 6.20 Å². The molecule has 1 aliphatic rings. The molecule has 1 atom stereocenters. The van der Waals surface area contributed by atoms with Crippen LogP contribution in [0.2, 0.25) is 0 Å². The van der Waals surface area contributed by atoms with Crippen LogP contribution in [0.15, 0.2) is 18.5 Å². The number of H-pyrrole nitrogens is 1. The number of aromatic amines is 1. The second kappa shape index (κ2) is 7.08. The van der Waals surface area contributed by atoms with E-state index in [-0.39, 0.29) is 0 Å². The average Bonchev–Trinajstić information content (AvgIpc) is 2.89. The molecular formula is C15H28N4. The van der Waals surface area contributed by atoms with Crippen LogP contribution in [-0.2, 0) is 6.54 Å². The minimum absolute atomic E-state index is 0.646. The highest BCUT2D eigenvalue weighted by molar-refractivity contribution is 5.07. The minimum atomic E-state index is 0.646. The van der Waals surface area contributed by atoms with Gasteiger partial charge in [0.05, 0.1) is 0 Å². The SMILES string of the molecule is CC(C)C(CNCc1cc[nH]c1)N1CCN(C)CC1. The van der Waals surface area contributed by atoms with Crippen LogP contribution in [0.1, 0.15) is 19.4 Å². The van der Waals surface area contributed by atoms with Gasteiger partial charge in [0.2, 0.25) is 0 Å². The number of likely N-dealkylation sites (N-methyl/N-ethyl adjacent to an activating group) is 1. The van der Waals surface area contributed by atoms with Gasteiger partial charge in [-0.25, -0.2) is 0 Å². The molecule has 0 amide bonds. The normalized spacial score (nSPS) is 20.0. The molecule has 1 aromatic heterocycles. The molecule has 0 saturated carbocycles. The molecule has 1 aliphatic heterocycles. The molecule has 0 aromatic carbocycles. The van der Waals surface area contributed by atoms with Gasteiger partial charge in [0.1, 0.15) is 0 Å². The summed E-state index contributed by atoms with van der Waals surface area (Å²) in [6.07, 6.45) is 4.05. The summed E-state index contributed by atoms with van der Waals surface area (Å²) in [5, 5.41) is 3.60. The van der Waals surface area contributed by atoms with Crippen LogP contribution in [0.25, 0.3) is 0 Å².